The van der Waals surface area contributed by atoms with Gasteiger partial charge in [-0.15, -0.1) is 4.57 Å². The highest BCUT2D eigenvalue weighted by molar-refractivity contribution is 6.02. The molecule has 4 aromatic rings. The average molecular weight is 262 g/mol. The number of oxazole rings is 1. The molecule has 0 amide bonds. The summed E-state index contributed by atoms with van der Waals surface area (Å²) in [5.74, 6) is 0.951. The van der Waals surface area contributed by atoms with Gasteiger partial charge < -0.3 is 8.98 Å². The van der Waals surface area contributed by atoms with E-state index in [1.54, 1.807) is 0 Å². The molecule has 0 aliphatic carbocycles. The van der Waals surface area contributed by atoms with Gasteiger partial charge in [0.05, 0.1) is 16.5 Å². The summed E-state index contributed by atoms with van der Waals surface area (Å²) in [6, 6.07) is 10.4. The predicted octanol–water partition coefficient (Wildman–Crippen LogP) is 2.64. The van der Waals surface area contributed by atoms with Gasteiger partial charge in [0, 0.05) is 25.0 Å². The third kappa shape index (κ3) is 1.04. The van der Waals surface area contributed by atoms with Crippen molar-refractivity contribution in [1.29, 1.82) is 0 Å². The molecule has 0 saturated heterocycles. The number of fused-ring (bicyclic) bond motifs is 7. The highest BCUT2D eigenvalue weighted by atomic mass is 16.4. The van der Waals surface area contributed by atoms with Crippen LogP contribution in [0.3, 0.4) is 0 Å². The van der Waals surface area contributed by atoms with Crippen molar-refractivity contribution in [2.75, 3.05) is 0 Å². The quantitative estimate of drug-likeness (QED) is 0.402. The molecule has 0 fully saturated rings. The van der Waals surface area contributed by atoms with Crippen molar-refractivity contribution in [3.05, 3.63) is 48.3 Å². The molecule has 4 heterocycles. The summed E-state index contributed by atoms with van der Waals surface area (Å²) in [6.07, 6.45) is 3.74. The van der Waals surface area contributed by atoms with Crippen molar-refractivity contribution in [2.24, 2.45) is 7.05 Å². The molecular formula is C16H12N3O+. The molecule has 1 aliphatic heterocycles. The predicted molar refractivity (Wildman–Crippen MR) is 75.2 cm³/mol. The maximum atomic E-state index is 6.15. The van der Waals surface area contributed by atoms with E-state index in [2.05, 4.69) is 38.4 Å². The van der Waals surface area contributed by atoms with Crippen molar-refractivity contribution in [1.82, 2.24) is 9.55 Å². The molecule has 0 bridgehead atoms. The van der Waals surface area contributed by atoms with E-state index in [1.165, 1.54) is 11.1 Å². The van der Waals surface area contributed by atoms with Crippen molar-refractivity contribution >= 4 is 22.1 Å². The lowest BCUT2D eigenvalue weighted by Crippen LogP contribution is -2.30. The fourth-order valence-electron chi connectivity index (χ4n) is 3.26. The second-order valence-electron chi connectivity index (χ2n) is 5.26. The topological polar surface area (TPSA) is 34.8 Å². The lowest BCUT2D eigenvalue weighted by atomic mass is 10.1. The van der Waals surface area contributed by atoms with E-state index < -0.39 is 0 Å². The minimum Gasteiger partial charge on any atom is -0.380 e. The van der Waals surface area contributed by atoms with Gasteiger partial charge >= 0.3 is 5.89 Å². The number of benzene rings is 1. The van der Waals surface area contributed by atoms with Crippen molar-refractivity contribution in [3.63, 3.8) is 0 Å². The van der Waals surface area contributed by atoms with Gasteiger partial charge in [0.15, 0.2) is 6.54 Å². The Morgan fingerprint density at radius 3 is 3.10 bits per heavy atom. The molecule has 3 aromatic heterocycles. The zero-order valence-electron chi connectivity index (χ0n) is 11.0. The Morgan fingerprint density at radius 2 is 2.15 bits per heavy atom. The molecule has 0 N–H and O–H groups in total. The fourth-order valence-corrected chi connectivity index (χ4v) is 3.26. The minimum absolute atomic E-state index is 0.868. The summed E-state index contributed by atoms with van der Waals surface area (Å²) < 4.78 is 10.5. The van der Waals surface area contributed by atoms with E-state index in [0.29, 0.717) is 0 Å². The van der Waals surface area contributed by atoms with Gasteiger partial charge in [-0.2, -0.15) is 0 Å². The Morgan fingerprint density at radius 1 is 1.25 bits per heavy atom. The molecule has 0 atom stereocenters. The van der Waals surface area contributed by atoms with Crippen LogP contribution in [0.2, 0.25) is 0 Å². The number of nitrogens with zero attached hydrogens (tertiary/aromatic N) is 3. The second-order valence-corrected chi connectivity index (χ2v) is 5.26. The van der Waals surface area contributed by atoms with Crippen molar-refractivity contribution < 1.29 is 8.98 Å². The van der Waals surface area contributed by atoms with Crippen LogP contribution in [0.1, 0.15) is 5.56 Å². The lowest BCUT2D eigenvalue weighted by molar-refractivity contribution is -0.648. The number of hydrogen-bond donors (Lipinski definition) is 0. The van der Waals surface area contributed by atoms with E-state index in [4.69, 9.17) is 4.42 Å². The molecule has 0 unspecified atom stereocenters. The highest BCUT2D eigenvalue weighted by Gasteiger charge is 2.36. The van der Waals surface area contributed by atoms with Gasteiger partial charge in [-0.3, -0.25) is 4.98 Å². The molecule has 96 valence electrons. The smallest absolute Gasteiger partial charge is 0.380 e. The zero-order valence-corrected chi connectivity index (χ0v) is 11.0. The van der Waals surface area contributed by atoms with E-state index in [0.717, 1.165) is 34.6 Å². The van der Waals surface area contributed by atoms with E-state index in [-0.39, 0.29) is 0 Å². The van der Waals surface area contributed by atoms with Crippen molar-refractivity contribution in [2.45, 2.75) is 6.54 Å². The summed E-state index contributed by atoms with van der Waals surface area (Å²) in [5, 5.41) is 1.15. The number of aryl methyl sites for hydroxylation is 1. The number of aromatic nitrogens is 3. The third-order valence-corrected chi connectivity index (χ3v) is 4.21. The highest BCUT2D eigenvalue weighted by Crippen LogP contribution is 2.34. The standard InChI is InChI=1S/C16H12N3O/c1-18-13-6-7-17-8-12(13)14-16(18)20-15-11-5-3-2-4-10(11)9-19(14)15/h2-8H,9H2,1H3/q+1. The van der Waals surface area contributed by atoms with Gasteiger partial charge in [0.1, 0.15) is 0 Å². The molecule has 1 aromatic carbocycles. The first kappa shape index (κ1) is 10.2. The SMILES string of the molecule is Cn1c2ccncc2c2c1oc1[n+]2Cc2ccccc2-1. The molecule has 0 radical (unpaired) electrons. The van der Waals surface area contributed by atoms with Crippen LogP contribution in [0, 0.1) is 0 Å². The first-order valence-corrected chi connectivity index (χ1v) is 6.67. The summed E-state index contributed by atoms with van der Waals surface area (Å²) in [4.78, 5) is 4.26. The Labute approximate surface area is 114 Å². The Kier molecular flexibility index (Phi) is 1.67. The van der Waals surface area contributed by atoms with Crippen LogP contribution in [-0.2, 0) is 13.6 Å². The van der Waals surface area contributed by atoms with Gasteiger partial charge in [0.25, 0.3) is 11.2 Å². The van der Waals surface area contributed by atoms with Crippen molar-refractivity contribution in [3.8, 4) is 11.5 Å². The summed E-state index contributed by atoms with van der Waals surface area (Å²) in [6.45, 7) is 0.868. The maximum Gasteiger partial charge on any atom is 0.383 e. The molecule has 4 heteroatoms. The number of hydrogen-bond acceptors (Lipinski definition) is 2. The Hall–Kier alpha value is -2.62. The number of pyridine rings is 1. The fraction of sp³-hybridized carbons (Fsp3) is 0.125. The maximum absolute atomic E-state index is 6.15. The normalized spacial score (nSPS) is 13.1. The molecule has 4 nitrogen and oxygen atoms in total. The van der Waals surface area contributed by atoms with Crippen LogP contribution in [0.5, 0.6) is 0 Å². The summed E-state index contributed by atoms with van der Waals surface area (Å²) >= 11 is 0. The second kappa shape index (κ2) is 3.28. The van der Waals surface area contributed by atoms with Crippen LogP contribution >= 0.6 is 0 Å². The lowest BCUT2D eigenvalue weighted by Gasteiger charge is -1.93. The Balaban J connectivity index is 1.97. The zero-order chi connectivity index (χ0) is 13.3. The van der Waals surface area contributed by atoms with Crippen LogP contribution in [0.15, 0.2) is 47.1 Å². The van der Waals surface area contributed by atoms with Gasteiger partial charge in [0.2, 0.25) is 0 Å². The van der Waals surface area contributed by atoms with Gasteiger partial charge in [-0.25, -0.2) is 0 Å². The number of rotatable bonds is 0. The first-order valence-electron chi connectivity index (χ1n) is 6.67. The molecule has 0 spiro atoms. The molecule has 5 rings (SSSR count). The average Bonchev–Trinajstić information content (AvgIpc) is 3.09. The molecule has 20 heavy (non-hydrogen) atoms. The van der Waals surface area contributed by atoms with Gasteiger partial charge in [-0.1, -0.05) is 18.2 Å². The van der Waals surface area contributed by atoms with E-state index in [1.807, 2.05) is 25.5 Å². The minimum atomic E-state index is 0.868. The van der Waals surface area contributed by atoms with E-state index in [9.17, 15) is 0 Å². The third-order valence-electron chi connectivity index (χ3n) is 4.21. The molecule has 1 aliphatic rings. The molecular weight excluding hydrogens is 250 g/mol. The molecule has 0 saturated carbocycles. The summed E-state index contributed by atoms with van der Waals surface area (Å²) in [7, 11) is 2.04. The summed E-state index contributed by atoms with van der Waals surface area (Å²) in [5.41, 5.74) is 5.72. The van der Waals surface area contributed by atoms with Crippen LogP contribution in [0.25, 0.3) is 33.6 Å². The monoisotopic (exact) mass is 262 g/mol. The van der Waals surface area contributed by atoms with Gasteiger partial charge in [-0.05, 0) is 12.1 Å². The first-order chi connectivity index (χ1) is 9.84. The van der Waals surface area contributed by atoms with Crippen LogP contribution in [0.4, 0.5) is 0 Å². The largest absolute Gasteiger partial charge is 0.383 e. The van der Waals surface area contributed by atoms with Crippen LogP contribution in [-0.4, -0.2) is 9.55 Å². The Bertz CT molecular complexity index is 994. The van der Waals surface area contributed by atoms with Crippen LogP contribution < -0.4 is 4.57 Å². The van der Waals surface area contributed by atoms with E-state index >= 15 is 0 Å².